The number of thioether (sulfide) groups is 1. The highest BCUT2D eigenvalue weighted by Gasteiger charge is 2.31. The summed E-state index contributed by atoms with van der Waals surface area (Å²) in [5.41, 5.74) is 0. The average molecular weight is 318 g/mol. The SMILES string of the molecule is CCNCc1ccc(S(=O)(=O)NC2CCCC2SC)o1. The molecule has 0 aromatic carbocycles. The zero-order valence-electron chi connectivity index (χ0n) is 11.9. The van der Waals surface area contributed by atoms with Crippen molar-refractivity contribution in [3.05, 3.63) is 17.9 Å². The van der Waals surface area contributed by atoms with Crippen LogP contribution in [-0.4, -0.2) is 32.5 Å². The molecule has 0 spiro atoms. The summed E-state index contributed by atoms with van der Waals surface area (Å²) >= 11 is 1.73. The molecule has 2 atom stereocenters. The second-order valence-electron chi connectivity index (χ2n) is 4.93. The molecular weight excluding hydrogens is 296 g/mol. The molecule has 114 valence electrons. The first kappa shape index (κ1) is 15.9. The normalized spacial score (nSPS) is 23.3. The Morgan fingerprint density at radius 2 is 2.20 bits per heavy atom. The van der Waals surface area contributed by atoms with Gasteiger partial charge in [-0.05, 0) is 37.8 Å². The minimum atomic E-state index is -3.55. The van der Waals surface area contributed by atoms with Gasteiger partial charge in [0.05, 0.1) is 6.54 Å². The van der Waals surface area contributed by atoms with E-state index >= 15 is 0 Å². The van der Waals surface area contributed by atoms with Crippen molar-refractivity contribution < 1.29 is 12.8 Å². The molecule has 1 fully saturated rings. The standard InChI is InChI=1S/C13H22N2O3S2/c1-3-14-9-10-7-8-13(18-10)20(16,17)15-11-5-4-6-12(11)19-2/h7-8,11-12,14-15H,3-6,9H2,1-2H3. The summed E-state index contributed by atoms with van der Waals surface area (Å²) < 4.78 is 32.8. The zero-order chi connectivity index (χ0) is 14.6. The predicted octanol–water partition coefficient (Wildman–Crippen LogP) is 1.95. The number of rotatable bonds is 7. The number of nitrogens with one attached hydrogen (secondary N) is 2. The Hall–Kier alpha value is -0.500. The first-order valence-corrected chi connectivity index (χ1v) is 9.68. The van der Waals surface area contributed by atoms with Gasteiger partial charge >= 0.3 is 0 Å². The van der Waals surface area contributed by atoms with E-state index in [2.05, 4.69) is 10.0 Å². The molecule has 7 heteroatoms. The molecular formula is C13H22N2O3S2. The molecule has 0 aliphatic heterocycles. The lowest BCUT2D eigenvalue weighted by atomic mass is 10.3. The van der Waals surface area contributed by atoms with Crippen LogP contribution in [0.25, 0.3) is 0 Å². The molecule has 2 unspecified atom stereocenters. The number of hydrogen-bond acceptors (Lipinski definition) is 5. The van der Waals surface area contributed by atoms with Crippen molar-refractivity contribution in [3.8, 4) is 0 Å². The molecule has 1 aliphatic rings. The maximum atomic E-state index is 12.3. The van der Waals surface area contributed by atoms with Gasteiger partial charge in [0.15, 0.2) is 0 Å². The van der Waals surface area contributed by atoms with E-state index in [0.29, 0.717) is 17.6 Å². The van der Waals surface area contributed by atoms with Crippen molar-refractivity contribution >= 4 is 21.8 Å². The second kappa shape index (κ2) is 6.98. The monoisotopic (exact) mass is 318 g/mol. The summed E-state index contributed by atoms with van der Waals surface area (Å²) in [6.45, 7) is 3.35. The molecule has 0 amide bonds. The summed E-state index contributed by atoms with van der Waals surface area (Å²) in [5.74, 6) is 0.639. The van der Waals surface area contributed by atoms with E-state index in [9.17, 15) is 8.42 Å². The third-order valence-electron chi connectivity index (χ3n) is 3.51. The summed E-state index contributed by atoms with van der Waals surface area (Å²) in [4.78, 5) is 0. The van der Waals surface area contributed by atoms with Gasteiger partial charge in [0.25, 0.3) is 10.0 Å². The summed E-state index contributed by atoms with van der Waals surface area (Å²) in [5, 5.41) is 3.48. The smallest absolute Gasteiger partial charge is 0.274 e. The highest BCUT2D eigenvalue weighted by Crippen LogP contribution is 2.29. The first-order valence-electron chi connectivity index (χ1n) is 6.91. The predicted molar refractivity (Wildman–Crippen MR) is 81.4 cm³/mol. The largest absolute Gasteiger partial charge is 0.447 e. The maximum Gasteiger partial charge on any atom is 0.274 e. The van der Waals surface area contributed by atoms with Gasteiger partial charge < -0.3 is 9.73 Å². The van der Waals surface area contributed by atoms with Gasteiger partial charge in [-0.3, -0.25) is 0 Å². The minimum Gasteiger partial charge on any atom is -0.447 e. The van der Waals surface area contributed by atoms with Crippen LogP contribution in [0.5, 0.6) is 0 Å². The van der Waals surface area contributed by atoms with Crippen molar-refractivity contribution in [1.29, 1.82) is 0 Å². The molecule has 1 aromatic heterocycles. The fraction of sp³-hybridized carbons (Fsp3) is 0.692. The lowest BCUT2D eigenvalue weighted by Crippen LogP contribution is -2.38. The summed E-state index contributed by atoms with van der Waals surface area (Å²) in [6, 6.07) is 3.24. The number of sulfonamides is 1. The van der Waals surface area contributed by atoms with E-state index in [1.54, 1.807) is 17.8 Å². The third kappa shape index (κ3) is 3.78. The molecule has 0 radical (unpaired) electrons. The van der Waals surface area contributed by atoms with Gasteiger partial charge in [0.2, 0.25) is 5.09 Å². The number of furan rings is 1. The molecule has 5 nitrogen and oxygen atoms in total. The van der Waals surface area contributed by atoms with E-state index in [-0.39, 0.29) is 11.1 Å². The zero-order valence-corrected chi connectivity index (χ0v) is 13.5. The highest BCUT2D eigenvalue weighted by atomic mass is 32.2. The van der Waals surface area contributed by atoms with Gasteiger partial charge in [-0.15, -0.1) is 0 Å². The van der Waals surface area contributed by atoms with Crippen LogP contribution in [0.1, 0.15) is 31.9 Å². The van der Waals surface area contributed by atoms with Crippen LogP contribution in [0.2, 0.25) is 0 Å². The molecule has 1 aromatic rings. The third-order valence-corrected chi connectivity index (χ3v) is 6.04. The summed E-state index contributed by atoms with van der Waals surface area (Å²) in [7, 11) is -3.55. The molecule has 2 N–H and O–H groups in total. The summed E-state index contributed by atoms with van der Waals surface area (Å²) in [6.07, 6.45) is 5.06. The van der Waals surface area contributed by atoms with Crippen LogP contribution >= 0.6 is 11.8 Å². The van der Waals surface area contributed by atoms with Gasteiger partial charge in [0.1, 0.15) is 5.76 Å². The lowest BCUT2D eigenvalue weighted by Gasteiger charge is -2.18. The molecule has 2 rings (SSSR count). The van der Waals surface area contributed by atoms with Gasteiger partial charge in [-0.1, -0.05) is 13.3 Å². The second-order valence-corrected chi connectivity index (χ2v) is 7.66. The maximum absolute atomic E-state index is 12.3. The van der Waals surface area contributed by atoms with Crippen LogP contribution in [0.4, 0.5) is 0 Å². The molecule has 1 aliphatic carbocycles. The van der Waals surface area contributed by atoms with Crippen molar-refractivity contribution in [2.45, 2.75) is 49.1 Å². The Balaban J connectivity index is 2.04. The van der Waals surface area contributed by atoms with Crippen LogP contribution in [0, 0.1) is 0 Å². The van der Waals surface area contributed by atoms with Crippen LogP contribution in [0.15, 0.2) is 21.6 Å². The van der Waals surface area contributed by atoms with Gasteiger partial charge in [-0.2, -0.15) is 11.8 Å². The minimum absolute atomic E-state index is 0.0113. The average Bonchev–Trinajstić information content (AvgIpc) is 3.04. The van der Waals surface area contributed by atoms with Crippen LogP contribution < -0.4 is 10.0 Å². The van der Waals surface area contributed by atoms with Crippen molar-refractivity contribution in [3.63, 3.8) is 0 Å². The van der Waals surface area contributed by atoms with Gasteiger partial charge in [-0.25, -0.2) is 13.1 Å². The Morgan fingerprint density at radius 3 is 2.90 bits per heavy atom. The molecule has 0 saturated heterocycles. The highest BCUT2D eigenvalue weighted by molar-refractivity contribution is 7.99. The fourth-order valence-electron chi connectivity index (χ4n) is 2.45. The van der Waals surface area contributed by atoms with Crippen molar-refractivity contribution in [1.82, 2.24) is 10.0 Å². The van der Waals surface area contributed by atoms with E-state index in [1.807, 2.05) is 13.2 Å². The van der Waals surface area contributed by atoms with Crippen molar-refractivity contribution in [2.75, 3.05) is 12.8 Å². The lowest BCUT2D eigenvalue weighted by molar-refractivity contribution is 0.399. The van der Waals surface area contributed by atoms with E-state index in [4.69, 9.17) is 4.42 Å². The quantitative estimate of drug-likeness (QED) is 0.804. The van der Waals surface area contributed by atoms with Crippen LogP contribution in [0.3, 0.4) is 0 Å². The van der Waals surface area contributed by atoms with E-state index < -0.39 is 10.0 Å². The Kier molecular flexibility index (Phi) is 5.54. The number of hydrogen-bond donors (Lipinski definition) is 2. The van der Waals surface area contributed by atoms with Crippen molar-refractivity contribution in [2.24, 2.45) is 0 Å². The fourth-order valence-corrected chi connectivity index (χ4v) is 4.73. The Labute approximate surface area is 124 Å². The Morgan fingerprint density at radius 1 is 1.40 bits per heavy atom. The molecule has 20 heavy (non-hydrogen) atoms. The molecule has 1 heterocycles. The Bertz CT molecular complexity index is 527. The van der Waals surface area contributed by atoms with Gasteiger partial charge in [0, 0.05) is 11.3 Å². The van der Waals surface area contributed by atoms with Crippen LogP contribution in [-0.2, 0) is 16.6 Å². The molecule has 0 bridgehead atoms. The van der Waals surface area contributed by atoms with E-state index in [1.165, 1.54) is 6.07 Å². The topological polar surface area (TPSA) is 71.3 Å². The first-order chi connectivity index (χ1) is 9.56. The van der Waals surface area contributed by atoms with E-state index in [0.717, 1.165) is 25.8 Å². The molecule has 1 saturated carbocycles.